The minimum atomic E-state index is -3.49. The molecule has 0 atom stereocenters. The largest absolute Gasteiger partial charge is 0.295 e. The molecule has 0 spiro atoms. The topological polar surface area (TPSA) is 63.2 Å². The Morgan fingerprint density at radius 3 is 2.19 bits per heavy atom. The first-order chi connectivity index (χ1) is 9.92. The molecule has 116 valence electrons. The molecule has 0 aliphatic heterocycles. The van der Waals surface area contributed by atoms with Crippen molar-refractivity contribution < 1.29 is 13.2 Å². The van der Waals surface area contributed by atoms with Gasteiger partial charge in [-0.2, -0.15) is 11.8 Å². The average Bonchev–Trinajstić information content (AvgIpc) is 2.48. The van der Waals surface area contributed by atoms with Crippen molar-refractivity contribution in [3.05, 3.63) is 29.8 Å². The molecule has 0 unspecified atom stereocenters. The minimum Gasteiger partial charge on any atom is -0.295 e. The summed E-state index contributed by atoms with van der Waals surface area (Å²) in [6, 6.07) is 6.12. The molecule has 1 aliphatic carbocycles. The maximum absolute atomic E-state index is 12.3. The average molecular weight is 327 g/mol. The maximum atomic E-state index is 12.3. The highest BCUT2D eigenvalue weighted by Gasteiger charge is 2.25. The second-order valence-electron chi connectivity index (χ2n) is 5.41. The summed E-state index contributed by atoms with van der Waals surface area (Å²) in [5, 5.41) is 0.653. The van der Waals surface area contributed by atoms with Gasteiger partial charge in [0.15, 0.2) is 5.78 Å². The monoisotopic (exact) mass is 327 g/mol. The van der Waals surface area contributed by atoms with Crippen molar-refractivity contribution in [2.45, 2.75) is 48.8 Å². The van der Waals surface area contributed by atoms with Crippen molar-refractivity contribution in [2.24, 2.45) is 0 Å². The fourth-order valence-electron chi connectivity index (χ4n) is 2.57. The Morgan fingerprint density at radius 2 is 1.71 bits per heavy atom. The number of sulfonamides is 1. The number of hydrogen-bond donors (Lipinski definition) is 1. The lowest BCUT2D eigenvalue weighted by Gasteiger charge is -2.27. The number of nitrogens with one attached hydrogen (secondary N) is 1. The van der Waals surface area contributed by atoms with Crippen LogP contribution >= 0.6 is 11.8 Å². The number of Topliss-reactive ketones (excluding diaryl/α,β-unsaturated/α-hetero) is 1. The van der Waals surface area contributed by atoms with Crippen molar-refractivity contribution in [3.63, 3.8) is 0 Å². The van der Waals surface area contributed by atoms with Crippen molar-refractivity contribution in [1.29, 1.82) is 0 Å². The number of thioether (sulfide) groups is 1. The zero-order valence-electron chi connectivity index (χ0n) is 12.3. The second-order valence-corrected chi connectivity index (χ2v) is 8.26. The van der Waals surface area contributed by atoms with E-state index in [1.165, 1.54) is 19.1 Å². The zero-order valence-corrected chi connectivity index (χ0v) is 14.0. The van der Waals surface area contributed by atoms with Crippen LogP contribution in [-0.2, 0) is 10.0 Å². The Labute approximate surface area is 130 Å². The van der Waals surface area contributed by atoms with Gasteiger partial charge in [-0.1, -0.05) is 12.1 Å². The van der Waals surface area contributed by atoms with Gasteiger partial charge in [0.2, 0.25) is 10.0 Å². The number of carbonyl (C=O) groups is 1. The first kappa shape index (κ1) is 16.5. The summed E-state index contributed by atoms with van der Waals surface area (Å²) in [7, 11) is -3.49. The number of carbonyl (C=O) groups excluding carboxylic acids is 1. The van der Waals surface area contributed by atoms with Gasteiger partial charge in [0.25, 0.3) is 0 Å². The summed E-state index contributed by atoms with van der Waals surface area (Å²) in [5.41, 5.74) is 0.523. The normalized spacial score (nSPS) is 23.0. The van der Waals surface area contributed by atoms with Gasteiger partial charge in [-0.15, -0.1) is 0 Å². The summed E-state index contributed by atoms with van der Waals surface area (Å²) >= 11 is 1.86. The van der Waals surface area contributed by atoms with Gasteiger partial charge in [0.1, 0.15) is 0 Å². The lowest BCUT2D eigenvalue weighted by molar-refractivity contribution is 0.101. The van der Waals surface area contributed by atoms with Crippen LogP contribution < -0.4 is 4.72 Å². The van der Waals surface area contributed by atoms with Gasteiger partial charge in [0.05, 0.1) is 4.90 Å². The third-order valence-corrected chi connectivity index (χ3v) is 6.57. The third kappa shape index (κ3) is 4.31. The van der Waals surface area contributed by atoms with E-state index in [1.54, 1.807) is 12.1 Å². The van der Waals surface area contributed by atoms with Crippen molar-refractivity contribution in [1.82, 2.24) is 4.72 Å². The summed E-state index contributed by atoms with van der Waals surface area (Å²) in [4.78, 5) is 11.4. The summed E-state index contributed by atoms with van der Waals surface area (Å²) < 4.78 is 27.4. The van der Waals surface area contributed by atoms with Crippen LogP contribution in [0.3, 0.4) is 0 Å². The van der Waals surface area contributed by atoms with E-state index < -0.39 is 10.0 Å². The molecular formula is C15H21NO3S2. The minimum absolute atomic E-state index is 0.0193. The quantitative estimate of drug-likeness (QED) is 0.845. The number of benzene rings is 1. The lowest BCUT2D eigenvalue weighted by atomic mass is 9.96. The smallest absolute Gasteiger partial charge is 0.240 e. The van der Waals surface area contributed by atoms with E-state index in [9.17, 15) is 13.2 Å². The van der Waals surface area contributed by atoms with Crippen LogP contribution in [0.1, 0.15) is 43.0 Å². The molecule has 0 radical (unpaired) electrons. The molecule has 6 heteroatoms. The number of rotatable bonds is 5. The third-order valence-electron chi connectivity index (χ3n) is 3.90. The molecule has 1 aliphatic rings. The summed E-state index contributed by atoms with van der Waals surface area (Å²) in [5.74, 6) is -0.0673. The predicted molar refractivity (Wildman–Crippen MR) is 86.3 cm³/mol. The number of ketones is 1. The van der Waals surface area contributed by atoms with Gasteiger partial charge in [0, 0.05) is 16.9 Å². The lowest BCUT2D eigenvalue weighted by Crippen LogP contribution is -2.38. The molecule has 0 saturated heterocycles. The molecule has 1 fully saturated rings. The first-order valence-corrected chi connectivity index (χ1v) is 9.85. The van der Waals surface area contributed by atoms with Crippen LogP contribution in [0, 0.1) is 0 Å². The van der Waals surface area contributed by atoms with E-state index in [2.05, 4.69) is 11.0 Å². The summed E-state index contributed by atoms with van der Waals surface area (Å²) in [6.45, 7) is 1.46. The Morgan fingerprint density at radius 1 is 1.14 bits per heavy atom. The molecule has 4 nitrogen and oxygen atoms in total. The zero-order chi connectivity index (χ0) is 15.5. The Hall–Kier alpha value is -0.850. The van der Waals surface area contributed by atoms with Gasteiger partial charge >= 0.3 is 0 Å². The fraction of sp³-hybridized carbons (Fsp3) is 0.533. The first-order valence-electron chi connectivity index (χ1n) is 7.08. The summed E-state index contributed by atoms with van der Waals surface area (Å²) in [6.07, 6.45) is 5.98. The van der Waals surface area contributed by atoms with Crippen molar-refractivity contribution in [2.75, 3.05) is 6.26 Å². The van der Waals surface area contributed by atoms with E-state index in [0.29, 0.717) is 10.8 Å². The SMILES string of the molecule is CSC1CCC(NS(=O)(=O)c2ccc(C(C)=O)cc2)CC1. The predicted octanol–water partition coefficient (Wildman–Crippen LogP) is 2.84. The maximum Gasteiger partial charge on any atom is 0.240 e. The molecule has 21 heavy (non-hydrogen) atoms. The van der Waals surface area contributed by atoms with Crippen LogP contribution in [0.2, 0.25) is 0 Å². The highest BCUT2D eigenvalue weighted by molar-refractivity contribution is 7.99. The Kier molecular flexibility index (Phi) is 5.46. The van der Waals surface area contributed by atoms with Gasteiger partial charge in [-0.25, -0.2) is 13.1 Å². The molecule has 0 amide bonds. The molecule has 1 saturated carbocycles. The molecule has 1 N–H and O–H groups in total. The second kappa shape index (κ2) is 6.94. The van der Waals surface area contributed by atoms with Gasteiger partial charge in [-0.3, -0.25) is 4.79 Å². The number of hydrogen-bond acceptors (Lipinski definition) is 4. The van der Waals surface area contributed by atoms with Crippen molar-refractivity contribution >= 4 is 27.6 Å². The van der Waals surface area contributed by atoms with E-state index in [1.807, 2.05) is 11.8 Å². The van der Waals surface area contributed by atoms with Crippen molar-refractivity contribution in [3.8, 4) is 0 Å². The fourth-order valence-corrected chi connectivity index (χ4v) is 4.62. The van der Waals surface area contributed by atoms with E-state index in [4.69, 9.17) is 0 Å². The van der Waals surface area contributed by atoms with Gasteiger partial charge in [-0.05, 0) is 51.0 Å². The molecule has 1 aromatic rings. The van der Waals surface area contributed by atoms with Crippen LogP contribution in [0.5, 0.6) is 0 Å². The Bertz CT molecular complexity index is 588. The van der Waals surface area contributed by atoms with Crippen LogP contribution in [0.15, 0.2) is 29.2 Å². The Balaban J connectivity index is 2.03. The molecule has 0 aromatic heterocycles. The molecular weight excluding hydrogens is 306 g/mol. The van der Waals surface area contributed by atoms with E-state index in [0.717, 1.165) is 25.7 Å². The van der Waals surface area contributed by atoms with E-state index >= 15 is 0 Å². The highest BCUT2D eigenvalue weighted by Crippen LogP contribution is 2.27. The standard InChI is InChI=1S/C15H21NO3S2/c1-11(17)12-3-9-15(10-4-12)21(18,19)16-13-5-7-14(20-2)8-6-13/h3-4,9-10,13-14,16H,5-8H2,1-2H3. The molecule has 2 rings (SSSR count). The molecule has 0 heterocycles. The van der Waals surface area contributed by atoms with Gasteiger partial charge < -0.3 is 0 Å². The van der Waals surface area contributed by atoms with E-state index in [-0.39, 0.29) is 16.7 Å². The molecule has 1 aromatic carbocycles. The van der Waals surface area contributed by atoms with Crippen LogP contribution in [-0.4, -0.2) is 31.7 Å². The van der Waals surface area contributed by atoms with Crippen LogP contribution in [0.25, 0.3) is 0 Å². The highest BCUT2D eigenvalue weighted by atomic mass is 32.2. The molecule has 0 bridgehead atoms. The van der Waals surface area contributed by atoms with Crippen LogP contribution in [0.4, 0.5) is 0 Å².